The van der Waals surface area contributed by atoms with Gasteiger partial charge in [0.25, 0.3) is 0 Å². The van der Waals surface area contributed by atoms with Crippen molar-refractivity contribution >= 4 is 41.0 Å². The Hall–Kier alpha value is -4.82. The third-order valence-corrected chi connectivity index (χ3v) is 11.0. The molecule has 0 spiro atoms. The van der Waals surface area contributed by atoms with E-state index >= 15 is 0 Å². The monoisotopic (exact) mass is 726 g/mol. The van der Waals surface area contributed by atoms with E-state index in [1.165, 1.54) is 17.3 Å². The fraction of sp³-hybridized carbons (Fsp3) is 0.333. The summed E-state index contributed by atoms with van der Waals surface area (Å²) in [5.74, 6) is 1.03. The molecule has 51 heavy (non-hydrogen) atoms. The van der Waals surface area contributed by atoms with Gasteiger partial charge in [-0.3, -0.25) is 14.8 Å². The molecule has 0 N–H and O–H groups in total. The number of amides is 1. The zero-order chi connectivity index (χ0) is 35.7. The van der Waals surface area contributed by atoms with Crippen molar-refractivity contribution in [1.29, 1.82) is 5.26 Å². The van der Waals surface area contributed by atoms with Crippen LogP contribution in [-0.2, 0) is 22.4 Å². The van der Waals surface area contributed by atoms with Crippen molar-refractivity contribution in [3.05, 3.63) is 117 Å². The molecule has 4 bridgehead atoms. The van der Waals surface area contributed by atoms with Gasteiger partial charge < -0.3 is 18.9 Å². The Morgan fingerprint density at radius 1 is 1.02 bits per heavy atom. The summed E-state index contributed by atoms with van der Waals surface area (Å²) in [6.07, 6.45) is 3.98. The number of ether oxygens (including phenoxy) is 4. The fourth-order valence-electron chi connectivity index (χ4n) is 7.62. The predicted molar refractivity (Wildman–Crippen MR) is 192 cm³/mol. The van der Waals surface area contributed by atoms with E-state index in [2.05, 4.69) is 16.0 Å². The highest BCUT2D eigenvalue weighted by atomic mass is 35.5. The summed E-state index contributed by atoms with van der Waals surface area (Å²) in [6, 6.07) is 21.6. The molecule has 1 aromatic heterocycles. The summed E-state index contributed by atoms with van der Waals surface area (Å²) in [5.41, 5.74) is 3.02. The number of aromatic nitrogens is 1. The lowest BCUT2D eigenvalue weighted by molar-refractivity contribution is 0.0474. The van der Waals surface area contributed by atoms with Crippen LogP contribution in [0.2, 0.25) is 10.0 Å². The van der Waals surface area contributed by atoms with Gasteiger partial charge in [0, 0.05) is 43.2 Å². The summed E-state index contributed by atoms with van der Waals surface area (Å²) in [6.45, 7) is 2.94. The van der Waals surface area contributed by atoms with Crippen molar-refractivity contribution in [2.75, 3.05) is 45.4 Å². The maximum atomic E-state index is 13.8. The van der Waals surface area contributed by atoms with E-state index in [0.29, 0.717) is 62.2 Å². The minimum Gasteiger partial charge on any atom is -0.493 e. The van der Waals surface area contributed by atoms with E-state index < -0.39 is 17.7 Å². The van der Waals surface area contributed by atoms with Crippen LogP contribution in [0.3, 0.4) is 0 Å². The van der Waals surface area contributed by atoms with E-state index in [0.717, 1.165) is 37.2 Å². The first kappa shape index (κ1) is 34.6. The smallest absolute Gasteiger partial charge is 0.415 e. The normalized spacial score (nSPS) is 21.6. The molecule has 5 atom stereocenters. The van der Waals surface area contributed by atoms with Crippen molar-refractivity contribution in [3.8, 4) is 17.6 Å². The molecule has 3 saturated heterocycles. The predicted octanol–water partition coefficient (Wildman–Crippen LogP) is 7.31. The Bertz CT molecular complexity index is 1980. The number of para-hydroxylation sites is 1. The number of rotatable bonds is 12. The Balaban J connectivity index is 1.07. The van der Waals surface area contributed by atoms with Crippen molar-refractivity contribution in [3.63, 3.8) is 0 Å². The van der Waals surface area contributed by atoms with Crippen LogP contribution >= 0.6 is 23.2 Å². The van der Waals surface area contributed by atoms with Gasteiger partial charge in [0.15, 0.2) is 11.5 Å². The van der Waals surface area contributed by atoms with Gasteiger partial charge in [-0.25, -0.2) is 9.59 Å². The molecule has 1 saturated carbocycles. The number of piperidine rings is 3. The van der Waals surface area contributed by atoms with Gasteiger partial charge in [-0.15, -0.1) is 0 Å². The van der Waals surface area contributed by atoms with Gasteiger partial charge >= 0.3 is 12.1 Å². The van der Waals surface area contributed by atoms with Crippen LogP contribution in [0, 0.1) is 23.2 Å². The maximum Gasteiger partial charge on any atom is 0.415 e. The summed E-state index contributed by atoms with van der Waals surface area (Å²) in [7, 11) is 3.12. The van der Waals surface area contributed by atoms with E-state index in [1.807, 2.05) is 12.1 Å². The second-order valence-electron chi connectivity index (χ2n) is 13.2. The van der Waals surface area contributed by atoms with Crippen molar-refractivity contribution in [2.45, 2.75) is 30.9 Å². The minimum absolute atomic E-state index is 0.0246. The lowest BCUT2D eigenvalue weighted by Gasteiger charge is -2.31. The molecule has 3 aliphatic heterocycles. The Morgan fingerprint density at radius 2 is 1.76 bits per heavy atom. The lowest BCUT2D eigenvalue weighted by atomic mass is 9.92. The molecule has 4 aliphatic rings. The third-order valence-electron chi connectivity index (χ3n) is 10.4. The van der Waals surface area contributed by atoms with Crippen LogP contribution in [0.1, 0.15) is 45.0 Å². The second-order valence-corrected chi connectivity index (χ2v) is 14.0. The first-order valence-electron chi connectivity index (χ1n) is 16.7. The van der Waals surface area contributed by atoms with Crippen molar-refractivity contribution < 1.29 is 28.5 Å². The van der Waals surface area contributed by atoms with Crippen LogP contribution in [0.5, 0.6) is 11.5 Å². The molecule has 0 radical (unpaired) electrons. The fourth-order valence-corrected chi connectivity index (χ4v) is 8.14. The SMILES string of the molecule is COc1ccc([C@@H](COC(=O)c2ccc(CN(C(=O)O[C@]34CN5CCC3C4C5)c3ccccc3C#N)cc2)Cc2c(Cl)cncc2Cl)cc1OC. The summed E-state index contributed by atoms with van der Waals surface area (Å²) in [5, 5.41) is 10.7. The van der Waals surface area contributed by atoms with Crippen LogP contribution in [0.25, 0.3) is 0 Å². The molecule has 3 aromatic carbocycles. The van der Waals surface area contributed by atoms with Gasteiger partial charge in [0.1, 0.15) is 11.7 Å². The van der Waals surface area contributed by atoms with Crippen LogP contribution in [0.4, 0.5) is 10.5 Å². The first-order valence-corrected chi connectivity index (χ1v) is 17.5. The largest absolute Gasteiger partial charge is 0.493 e. The molecule has 3 unspecified atom stereocenters. The van der Waals surface area contributed by atoms with Gasteiger partial charge in [0.2, 0.25) is 0 Å². The quantitative estimate of drug-likeness (QED) is 0.139. The highest BCUT2D eigenvalue weighted by Crippen LogP contribution is 2.63. The average molecular weight is 728 g/mol. The molecular formula is C39H36Cl2N4O6. The number of fused-ring (bicyclic) bond motifs is 1. The lowest BCUT2D eigenvalue weighted by Crippen LogP contribution is -2.42. The zero-order valence-corrected chi connectivity index (χ0v) is 29.7. The molecular weight excluding hydrogens is 691 g/mol. The van der Waals surface area contributed by atoms with Gasteiger partial charge in [-0.1, -0.05) is 53.5 Å². The second kappa shape index (κ2) is 14.4. The van der Waals surface area contributed by atoms with E-state index in [1.54, 1.807) is 68.8 Å². The number of methoxy groups -OCH3 is 2. The van der Waals surface area contributed by atoms with E-state index in [9.17, 15) is 14.9 Å². The number of hydrogen-bond acceptors (Lipinski definition) is 9. The Morgan fingerprint density at radius 3 is 2.41 bits per heavy atom. The van der Waals surface area contributed by atoms with Crippen LogP contribution < -0.4 is 14.4 Å². The number of benzene rings is 3. The van der Waals surface area contributed by atoms with Gasteiger partial charge in [0.05, 0.1) is 54.2 Å². The van der Waals surface area contributed by atoms with E-state index in [4.69, 9.17) is 42.1 Å². The molecule has 8 rings (SSSR count). The highest BCUT2D eigenvalue weighted by Gasteiger charge is 2.74. The number of anilines is 1. The molecule has 1 amide bonds. The number of pyridine rings is 1. The number of esters is 1. The van der Waals surface area contributed by atoms with Gasteiger partial charge in [-0.05, 0) is 72.5 Å². The number of hydrogen-bond donors (Lipinski definition) is 0. The average Bonchev–Trinajstić information content (AvgIpc) is 3.65. The summed E-state index contributed by atoms with van der Waals surface area (Å²) >= 11 is 12.9. The number of carbonyl (C=O) groups excluding carboxylic acids is 2. The van der Waals surface area contributed by atoms with Crippen LogP contribution in [-0.4, -0.2) is 68.0 Å². The molecule has 1 aliphatic carbocycles. The number of halogens is 2. The van der Waals surface area contributed by atoms with Crippen LogP contribution in [0.15, 0.2) is 79.1 Å². The highest BCUT2D eigenvalue weighted by molar-refractivity contribution is 6.35. The Labute approximate surface area is 306 Å². The molecule has 4 fully saturated rings. The molecule has 4 heterocycles. The third kappa shape index (κ3) is 6.81. The molecule has 12 heteroatoms. The zero-order valence-electron chi connectivity index (χ0n) is 28.2. The number of nitrogens with zero attached hydrogens (tertiary/aromatic N) is 4. The number of carbonyl (C=O) groups is 2. The maximum absolute atomic E-state index is 13.8. The summed E-state index contributed by atoms with van der Waals surface area (Å²) < 4.78 is 23.1. The minimum atomic E-state index is -0.518. The van der Waals surface area contributed by atoms with Crippen molar-refractivity contribution in [2.24, 2.45) is 11.8 Å². The summed E-state index contributed by atoms with van der Waals surface area (Å²) in [4.78, 5) is 35.1. The molecule has 262 valence electrons. The number of nitriles is 1. The standard InChI is InChI=1S/C39H36Cl2N4O6/c1-48-35-12-11-26(16-36(35)49-2)28(15-29-32(40)18-43-19-33(29)41)22-50-37(46)25-9-7-24(8-10-25)20-45(34-6-4-3-5-27(34)17-42)38(47)51-39-23-44-14-13-30(39)31(39)21-44/h3-12,16,18-19,28,30-31H,13-15,20-23H2,1-2H3/t28-,30?,31?,39-/m1/s1. The van der Waals surface area contributed by atoms with Gasteiger partial charge in [-0.2, -0.15) is 5.26 Å². The Kier molecular flexibility index (Phi) is 9.79. The topological polar surface area (TPSA) is 114 Å². The molecule has 10 nitrogen and oxygen atoms in total. The molecule has 4 aromatic rings. The van der Waals surface area contributed by atoms with E-state index in [-0.39, 0.29) is 19.1 Å². The first-order chi connectivity index (χ1) is 24.7. The van der Waals surface area contributed by atoms with Crippen molar-refractivity contribution in [1.82, 2.24) is 9.88 Å².